The highest BCUT2D eigenvalue weighted by Gasteiger charge is 2.23. The summed E-state index contributed by atoms with van der Waals surface area (Å²) in [4.78, 5) is 20.2. The molecule has 0 saturated heterocycles. The average Bonchev–Trinajstić information content (AvgIpc) is 1.99. The van der Waals surface area contributed by atoms with Gasteiger partial charge < -0.3 is 10.2 Å². The third-order valence-electron chi connectivity index (χ3n) is 2.09. The Morgan fingerprint density at radius 3 is 2.36 bits per heavy atom. The summed E-state index contributed by atoms with van der Waals surface area (Å²) in [6.07, 6.45) is 1.08. The maximum atomic E-state index is 11.4. The van der Waals surface area contributed by atoms with Gasteiger partial charge in [0.05, 0.1) is 0 Å². The molecule has 14 heavy (non-hydrogen) atoms. The average molecular weight is 221 g/mol. The zero-order chi connectivity index (χ0) is 11.4. The fourth-order valence-corrected chi connectivity index (χ4v) is 2.38. The molecule has 0 aliphatic heterocycles. The molecule has 0 aromatic rings. The van der Waals surface area contributed by atoms with Crippen LogP contribution in [-0.4, -0.2) is 28.7 Å². The first-order valence-electron chi connectivity index (χ1n) is 4.78. The normalized spacial score (nSPS) is 16.1. The predicted octanol–water partition coefficient (Wildman–Crippen LogP) is 1.58. The van der Waals surface area contributed by atoms with Crippen LogP contribution in [0.3, 0.4) is 0 Å². The van der Waals surface area contributed by atoms with Crippen LogP contribution in [-0.2, 0) is 9.36 Å². The molecule has 0 saturated carbocycles. The van der Waals surface area contributed by atoms with Crippen LogP contribution in [0.2, 0.25) is 0 Å². The molecule has 4 nitrogen and oxygen atoms in total. The molecule has 2 N–H and O–H groups in total. The summed E-state index contributed by atoms with van der Waals surface area (Å²) in [7, 11) is -2.96. The second-order valence-corrected chi connectivity index (χ2v) is 6.97. The fraction of sp³-hybridized carbons (Fsp3) is 0.889. The van der Waals surface area contributed by atoms with Gasteiger partial charge in [-0.2, -0.15) is 0 Å². The maximum Gasteiger partial charge on any atom is 0.217 e. The number of carbonyl (C=O) groups is 1. The standard InChI is InChI=1S/C9H20NO3P/c1-5-14(12,13)7-6-9(3,4)10-8(2)11/h5-7H2,1-4H3,(H,10,11)(H,12,13). The monoisotopic (exact) mass is 221 g/mol. The van der Waals surface area contributed by atoms with E-state index in [4.69, 9.17) is 0 Å². The van der Waals surface area contributed by atoms with Crippen LogP contribution in [0, 0.1) is 0 Å². The van der Waals surface area contributed by atoms with Crippen LogP contribution in [0.1, 0.15) is 34.1 Å². The van der Waals surface area contributed by atoms with E-state index in [0.717, 1.165) is 0 Å². The second kappa shape index (κ2) is 4.94. The topological polar surface area (TPSA) is 66.4 Å². The Labute approximate surface area is 85.5 Å². The third-order valence-corrected chi connectivity index (χ3v) is 4.01. The van der Waals surface area contributed by atoms with E-state index in [-0.39, 0.29) is 12.1 Å². The van der Waals surface area contributed by atoms with Gasteiger partial charge in [0.15, 0.2) is 7.37 Å². The fourth-order valence-electron chi connectivity index (χ4n) is 1.15. The lowest BCUT2D eigenvalue weighted by molar-refractivity contribution is -0.120. The Kier molecular flexibility index (Phi) is 4.82. The van der Waals surface area contributed by atoms with Crippen molar-refractivity contribution in [3.63, 3.8) is 0 Å². The van der Waals surface area contributed by atoms with Crippen LogP contribution in [0.15, 0.2) is 0 Å². The Morgan fingerprint density at radius 2 is 2.00 bits per heavy atom. The Hall–Kier alpha value is -0.340. The molecule has 0 bridgehead atoms. The SMILES string of the molecule is CCP(=O)(O)CCC(C)(C)NC(C)=O. The Morgan fingerprint density at radius 1 is 1.50 bits per heavy atom. The molecule has 1 atom stereocenters. The molecule has 1 unspecified atom stereocenters. The van der Waals surface area contributed by atoms with E-state index >= 15 is 0 Å². The molecule has 0 rings (SSSR count). The summed E-state index contributed by atoms with van der Waals surface area (Å²) >= 11 is 0. The molecule has 0 aromatic carbocycles. The van der Waals surface area contributed by atoms with Gasteiger partial charge in [0.1, 0.15) is 0 Å². The number of amides is 1. The lowest BCUT2D eigenvalue weighted by atomic mass is 10.0. The van der Waals surface area contributed by atoms with E-state index in [0.29, 0.717) is 12.6 Å². The highest BCUT2D eigenvalue weighted by atomic mass is 31.2. The highest BCUT2D eigenvalue weighted by Crippen LogP contribution is 2.41. The van der Waals surface area contributed by atoms with Crippen molar-refractivity contribution in [2.24, 2.45) is 0 Å². The van der Waals surface area contributed by atoms with Crippen molar-refractivity contribution in [3.05, 3.63) is 0 Å². The molecule has 0 heterocycles. The van der Waals surface area contributed by atoms with Gasteiger partial charge >= 0.3 is 0 Å². The van der Waals surface area contributed by atoms with E-state index in [9.17, 15) is 14.3 Å². The summed E-state index contributed by atoms with van der Waals surface area (Å²) in [6, 6.07) is 0. The molecule has 0 spiro atoms. The van der Waals surface area contributed by atoms with Crippen LogP contribution >= 0.6 is 7.37 Å². The first-order valence-corrected chi connectivity index (χ1v) is 6.81. The zero-order valence-corrected chi connectivity index (χ0v) is 10.2. The van der Waals surface area contributed by atoms with Crippen LogP contribution in [0.4, 0.5) is 0 Å². The van der Waals surface area contributed by atoms with Crippen LogP contribution in [0.25, 0.3) is 0 Å². The van der Waals surface area contributed by atoms with Crippen molar-refractivity contribution in [1.29, 1.82) is 0 Å². The van der Waals surface area contributed by atoms with Crippen molar-refractivity contribution >= 4 is 13.3 Å². The van der Waals surface area contributed by atoms with E-state index < -0.39 is 12.9 Å². The molecule has 0 aliphatic rings. The summed E-state index contributed by atoms with van der Waals surface area (Å²) in [5.41, 5.74) is -0.403. The van der Waals surface area contributed by atoms with Gasteiger partial charge in [-0.1, -0.05) is 6.92 Å². The largest absolute Gasteiger partial charge is 0.351 e. The van der Waals surface area contributed by atoms with Gasteiger partial charge in [-0.15, -0.1) is 0 Å². The minimum absolute atomic E-state index is 0.112. The Balaban J connectivity index is 4.11. The smallest absolute Gasteiger partial charge is 0.217 e. The van der Waals surface area contributed by atoms with Gasteiger partial charge in [0, 0.05) is 24.8 Å². The molecule has 0 aromatic heterocycles. The maximum absolute atomic E-state index is 11.4. The van der Waals surface area contributed by atoms with Crippen molar-refractivity contribution in [3.8, 4) is 0 Å². The first kappa shape index (κ1) is 13.7. The minimum Gasteiger partial charge on any atom is -0.351 e. The quantitative estimate of drug-likeness (QED) is 0.693. The van der Waals surface area contributed by atoms with Gasteiger partial charge in [-0.25, -0.2) is 0 Å². The third kappa shape index (κ3) is 6.17. The summed E-state index contributed by atoms with van der Waals surface area (Å²) in [5.74, 6) is -0.112. The second-order valence-electron chi connectivity index (χ2n) is 4.20. The molecule has 1 amide bonds. The number of carbonyl (C=O) groups excluding carboxylic acids is 1. The van der Waals surface area contributed by atoms with Crippen LogP contribution in [0.5, 0.6) is 0 Å². The highest BCUT2D eigenvalue weighted by molar-refractivity contribution is 7.57. The molecular weight excluding hydrogens is 201 g/mol. The predicted molar refractivity (Wildman–Crippen MR) is 57.7 cm³/mol. The van der Waals surface area contributed by atoms with Gasteiger partial charge in [-0.05, 0) is 20.3 Å². The molecular formula is C9H20NO3P. The molecule has 84 valence electrons. The molecule has 0 fully saturated rings. The van der Waals surface area contributed by atoms with E-state index in [1.54, 1.807) is 6.92 Å². The van der Waals surface area contributed by atoms with E-state index in [1.165, 1.54) is 6.92 Å². The van der Waals surface area contributed by atoms with Gasteiger partial charge in [0.2, 0.25) is 5.91 Å². The zero-order valence-electron chi connectivity index (χ0n) is 9.33. The van der Waals surface area contributed by atoms with Crippen molar-refractivity contribution in [2.45, 2.75) is 39.7 Å². The number of rotatable bonds is 5. The van der Waals surface area contributed by atoms with Gasteiger partial charge in [0.25, 0.3) is 0 Å². The lowest BCUT2D eigenvalue weighted by Crippen LogP contribution is -2.42. The minimum atomic E-state index is -2.96. The molecule has 5 heteroatoms. The Bertz CT molecular complexity index is 250. The van der Waals surface area contributed by atoms with Gasteiger partial charge in [-0.3, -0.25) is 9.36 Å². The summed E-state index contributed by atoms with van der Waals surface area (Å²) in [6.45, 7) is 6.85. The van der Waals surface area contributed by atoms with Crippen LogP contribution < -0.4 is 5.32 Å². The van der Waals surface area contributed by atoms with Crippen molar-refractivity contribution < 1.29 is 14.3 Å². The van der Waals surface area contributed by atoms with Crippen molar-refractivity contribution in [2.75, 3.05) is 12.3 Å². The number of nitrogens with one attached hydrogen (secondary N) is 1. The first-order chi connectivity index (χ1) is 6.18. The number of hydrogen-bond donors (Lipinski definition) is 2. The van der Waals surface area contributed by atoms with E-state index in [1.807, 2.05) is 13.8 Å². The summed E-state index contributed by atoms with van der Waals surface area (Å²) < 4.78 is 11.4. The number of hydrogen-bond acceptors (Lipinski definition) is 2. The lowest BCUT2D eigenvalue weighted by Gasteiger charge is -2.26. The van der Waals surface area contributed by atoms with E-state index in [2.05, 4.69) is 5.32 Å². The van der Waals surface area contributed by atoms with Crippen molar-refractivity contribution in [1.82, 2.24) is 5.32 Å². The molecule has 0 radical (unpaired) electrons. The summed E-state index contributed by atoms with van der Waals surface area (Å²) in [5, 5.41) is 2.74. The molecule has 0 aliphatic carbocycles.